The molecule has 0 saturated carbocycles. The standard InChI is InChI=1S/C21H34O2/c1-6-9-10-11-12-18(4)21(5,22-17-7-2)23-20-15-13-19(8-3)14-16-20/h12-16H,6-11,17H2,1-5H3/b18-12+. The molecule has 23 heavy (non-hydrogen) atoms. The summed E-state index contributed by atoms with van der Waals surface area (Å²) in [6, 6.07) is 8.32. The van der Waals surface area contributed by atoms with E-state index in [0.717, 1.165) is 30.6 Å². The summed E-state index contributed by atoms with van der Waals surface area (Å²) in [6.45, 7) is 11.4. The molecule has 0 fully saturated rings. The maximum Gasteiger partial charge on any atom is 0.230 e. The quantitative estimate of drug-likeness (QED) is 0.271. The third-order valence-electron chi connectivity index (χ3n) is 4.20. The van der Waals surface area contributed by atoms with Crippen molar-refractivity contribution in [2.24, 2.45) is 0 Å². The zero-order chi connectivity index (χ0) is 17.1. The average molecular weight is 319 g/mol. The first-order valence-corrected chi connectivity index (χ1v) is 9.14. The van der Waals surface area contributed by atoms with Gasteiger partial charge in [-0.15, -0.1) is 0 Å². The first kappa shape index (κ1) is 19.8. The number of benzene rings is 1. The van der Waals surface area contributed by atoms with Crippen LogP contribution in [-0.4, -0.2) is 12.4 Å². The largest absolute Gasteiger partial charge is 0.459 e. The van der Waals surface area contributed by atoms with Crippen LogP contribution < -0.4 is 4.74 Å². The molecule has 0 amide bonds. The van der Waals surface area contributed by atoms with Gasteiger partial charge in [-0.25, -0.2) is 0 Å². The van der Waals surface area contributed by atoms with Crippen LogP contribution in [0.15, 0.2) is 35.9 Å². The van der Waals surface area contributed by atoms with Gasteiger partial charge in [0, 0.05) is 6.92 Å². The van der Waals surface area contributed by atoms with Crippen LogP contribution in [-0.2, 0) is 11.2 Å². The van der Waals surface area contributed by atoms with Crippen molar-refractivity contribution in [2.45, 2.75) is 78.9 Å². The molecular weight excluding hydrogens is 284 g/mol. The minimum absolute atomic E-state index is 0.685. The average Bonchev–Trinajstić information content (AvgIpc) is 2.57. The first-order chi connectivity index (χ1) is 11.1. The molecule has 1 aromatic carbocycles. The summed E-state index contributed by atoms with van der Waals surface area (Å²) in [7, 11) is 0. The van der Waals surface area contributed by atoms with Crippen LogP contribution in [0, 0.1) is 0 Å². The van der Waals surface area contributed by atoms with E-state index in [1.54, 1.807) is 0 Å². The van der Waals surface area contributed by atoms with Crippen LogP contribution in [0.4, 0.5) is 0 Å². The van der Waals surface area contributed by atoms with Crippen molar-refractivity contribution in [3.63, 3.8) is 0 Å². The fourth-order valence-electron chi connectivity index (χ4n) is 2.44. The Morgan fingerprint density at radius 3 is 2.30 bits per heavy atom. The Hall–Kier alpha value is -1.28. The van der Waals surface area contributed by atoms with Crippen molar-refractivity contribution in [3.8, 4) is 5.75 Å². The van der Waals surface area contributed by atoms with Crippen LogP contribution in [0.5, 0.6) is 5.75 Å². The Bertz CT molecular complexity index is 461. The van der Waals surface area contributed by atoms with E-state index in [2.05, 4.69) is 45.9 Å². The highest BCUT2D eigenvalue weighted by Gasteiger charge is 2.29. The summed E-state index contributed by atoms with van der Waals surface area (Å²) in [6.07, 6.45) is 9.13. The van der Waals surface area contributed by atoms with Crippen LogP contribution in [0.3, 0.4) is 0 Å². The molecule has 0 radical (unpaired) electrons. The predicted molar refractivity (Wildman–Crippen MR) is 99.0 cm³/mol. The molecule has 1 unspecified atom stereocenters. The van der Waals surface area contributed by atoms with Gasteiger partial charge in [0.25, 0.3) is 0 Å². The number of unbranched alkanes of at least 4 members (excludes halogenated alkanes) is 3. The number of aryl methyl sites for hydroxylation is 1. The molecule has 0 saturated heterocycles. The van der Waals surface area contributed by atoms with Crippen molar-refractivity contribution in [1.29, 1.82) is 0 Å². The van der Waals surface area contributed by atoms with Gasteiger partial charge in [-0.05, 0) is 55.9 Å². The van der Waals surface area contributed by atoms with Gasteiger partial charge < -0.3 is 9.47 Å². The Morgan fingerprint density at radius 2 is 1.74 bits per heavy atom. The molecule has 0 aromatic heterocycles. The van der Waals surface area contributed by atoms with E-state index in [9.17, 15) is 0 Å². The highest BCUT2D eigenvalue weighted by Crippen LogP contribution is 2.27. The smallest absolute Gasteiger partial charge is 0.230 e. The minimum atomic E-state index is -0.685. The fourth-order valence-corrected chi connectivity index (χ4v) is 2.44. The van der Waals surface area contributed by atoms with E-state index < -0.39 is 5.79 Å². The van der Waals surface area contributed by atoms with Crippen LogP contribution >= 0.6 is 0 Å². The second kappa shape index (κ2) is 10.5. The number of allylic oxidation sites excluding steroid dienone is 1. The Balaban J connectivity index is 2.82. The molecule has 0 N–H and O–H groups in total. The Morgan fingerprint density at radius 1 is 1.04 bits per heavy atom. The lowest BCUT2D eigenvalue weighted by molar-refractivity contribution is -0.141. The van der Waals surface area contributed by atoms with E-state index in [-0.39, 0.29) is 0 Å². The molecule has 130 valence electrons. The van der Waals surface area contributed by atoms with Crippen molar-refractivity contribution in [1.82, 2.24) is 0 Å². The zero-order valence-electron chi connectivity index (χ0n) is 15.7. The van der Waals surface area contributed by atoms with E-state index in [4.69, 9.17) is 9.47 Å². The zero-order valence-corrected chi connectivity index (χ0v) is 15.7. The lowest BCUT2D eigenvalue weighted by atomic mass is 10.1. The highest BCUT2D eigenvalue weighted by molar-refractivity contribution is 5.28. The van der Waals surface area contributed by atoms with Crippen molar-refractivity contribution < 1.29 is 9.47 Å². The summed E-state index contributed by atoms with van der Waals surface area (Å²) < 4.78 is 12.3. The van der Waals surface area contributed by atoms with Crippen LogP contribution in [0.2, 0.25) is 0 Å². The number of rotatable bonds is 11. The third-order valence-corrected chi connectivity index (χ3v) is 4.20. The second-order valence-corrected chi connectivity index (χ2v) is 6.28. The lowest BCUT2D eigenvalue weighted by Gasteiger charge is -2.32. The van der Waals surface area contributed by atoms with Crippen LogP contribution in [0.25, 0.3) is 0 Å². The Kier molecular flexibility index (Phi) is 9.01. The fraction of sp³-hybridized carbons (Fsp3) is 0.619. The predicted octanol–water partition coefficient (Wildman–Crippen LogP) is 6.30. The molecule has 1 aromatic rings. The molecule has 0 spiro atoms. The summed E-state index contributed by atoms with van der Waals surface area (Å²) in [5.41, 5.74) is 2.47. The van der Waals surface area contributed by atoms with E-state index in [0.29, 0.717) is 6.61 Å². The van der Waals surface area contributed by atoms with E-state index in [1.807, 2.05) is 19.1 Å². The van der Waals surface area contributed by atoms with Gasteiger partial charge in [0.05, 0.1) is 6.61 Å². The molecule has 0 aliphatic heterocycles. The Labute approximate surface area is 142 Å². The monoisotopic (exact) mass is 318 g/mol. The first-order valence-electron chi connectivity index (χ1n) is 9.14. The number of ether oxygens (including phenoxy) is 2. The minimum Gasteiger partial charge on any atom is -0.459 e. The summed E-state index contributed by atoms with van der Waals surface area (Å²) in [5.74, 6) is 0.178. The van der Waals surface area contributed by atoms with Gasteiger partial charge >= 0.3 is 0 Å². The van der Waals surface area contributed by atoms with Crippen molar-refractivity contribution in [3.05, 3.63) is 41.5 Å². The highest BCUT2D eigenvalue weighted by atomic mass is 16.7. The van der Waals surface area contributed by atoms with Gasteiger partial charge in [0.15, 0.2) is 0 Å². The molecule has 0 bridgehead atoms. The molecule has 2 nitrogen and oxygen atoms in total. The van der Waals surface area contributed by atoms with Gasteiger partial charge in [-0.2, -0.15) is 0 Å². The molecule has 0 aliphatic carbocycles. The third kappa shape index (κ3) is 6.78. The lowest BCUT2D eigenvalue weighted by Crippen LogP contribution is -2.37. The molecule has 0 heterocycles. The number of hydrogen-bond donors (Lipinski definition) is 0. The summed E-state index contributed by atoms with van der Waals surface area (Å²) in [5, 5.41) is 0. The van der Waals surface area contributed by atoms with E-state index >= 15 is 0 Å². The topological polar surface area (TPSA) is 18.5 Å². The maximum absolute atomic E-state index is 6.23. The van der Waals surface area contributed by atoms with Crippen molar-refractivity contribution >= 4 is 0 Å². The summed E-state index contributed by atoms with van der Waals surface area (Å²) >= 11 is 0. The van der Waals surface area contributed by atoms with Gasteiger partial charge in [0.1, 0.15) is 5.75 Å². The molecule has 1 atom stereocenters. The van der Waals surface area contributed by atoms with Gasteiger partial charge in [0.2, 0.25) is 5.79 Å². The van der Waals surface area contributed by atoms with Crippen LogP contribution in [0.1, 0.15) is 72.3 Å². The van der Waals surface area contributed by atoms with Crippen molar-refractivity contribution in [2.75, 3.05) is 6.61 Å². The van der Waals surface area contributed by atoms with E-state index in [1.165, 1.54) is 24.8 Å². The SMILES string of the molecule is CCCCC/C=C(\C)C(C)(OCCC)Oc1ccc(CC)cc1. The maximum atomic E-state index is 6.23. The molecule has 0 aliphatic rings. The molecular formula is C21H34O2. The van der Waals surface area contributed by atoms with Gasteiger partial charge in [-0.3, -0.25) is 0 Å². The second-order valence-electron chi connectivity index (χ2n) is 6.28. The molecule has 2 heteroatoms. The summed E-state index contributed by atoms with van der Waals surface area (Å²) in [4.78, 5) is 0. The normalized spacial score (nSPS) is 14.6. The molecule has 1 rings (SSSR count). The van der Waals surface area contributed by atoms with Gasteiger partial charge in [-0.1, -0.05) is 51.8 Å². The number of hydrogen-bond acceptors (Lipinski definition) is 2.